The maximum absolute atomic E-state index is 12.8. The van der Waals surface area contributed by atoms with Crippen LogP contribution in [0.15, 0.2) is 56.7 Å². The van der Waals surface area contributed by atoms with E-state index in [-0.39, 0.29) is 5.56 Å². The first-order chi connectivity index (χ1) is 14.0. The first kappa shape index (κ1) is 18.9. The van der Waals surface area contributed by atoms with Gasteiger partial charge in [-0.25, -0.2) is 4.79 Å². The molecule has 0 aliphatic rings. The molecule has 2 aromatic carbocycles. The molecule has 2 heterocycles. The number of thiazole rings is 1. The molecule has 2 aromatic heterocycles. The van der Waals surface area contributed by atoms with E-state index >= 15 is 0 Å². The number of rotatable bonds is 4. The van der Waals surface area contributed by atoms with Crippen LogP contribution < -0.4 is 19.9 Å². The number of amides is 1. The molecule has 0 saturated carbocycles. The van der Waals surface area contributed by atoms with Gasteiger partial charge < -0.3 is 18.5 Å². The highest BCUT2D eigenvalue weighted by molar-refractivity contribution is 7.16. The van der Waals surface area contributed by atoms with E-state index in [9.17, 15) is 9.59 Å². The van der Waals surface area contributed by atoms with Gasteiger partial charge in [-0.3, -0.25) is 4.79 Å². The molecule has 0 fully saturated rings. The van der Waals surface area contributed by atoms with Crippen LogP contribution in [0, 0.1) is 0 Å². The van der Waals surface area contributed by atoms with E-state index in [0.29, 0.717) is 33.8 Å². The normalized spacial score (nSPS) is 11.9. The molecule has 0 aliphatic heterocycles. The van der Waals surface area contributed by atoms with E-state index < -0.39 is 11.5 Å². The first-order valence-electron chi connectivity index (χ1n) is 8.93. The molecule has 8 heteroatoms. The fourth-order valence-corrected chi connectivity index (χ4v) is 4.25. The van der Waals surface area contributed by atoms with Crippen molar-refractivity contribution in [3.05, 3.63) is 63.2 Å². The first-order valence-corrected chi connectivity index (χ1v) is 9.74. The summed E-state index contributed by atoms with van der Waals surface area (Å²) in [6, 6.07) is 12.2. The number of hydrogen-bond acceptors (Lipinski definition) is 6. The molecule has 29 heavy (non-hydrogen) atoms. The maximum Gasteiger partial charge on any atom is 0.349 e. The van der Waals surface area contributed by atoms with E-state index in [1.165, 1.54) is 17.4 Å². The van der Waals surface area contributed by atoms with Gasteiger partial charge in [-0.05, 0) is 19.1 Å². The van der Waals surface area contributed by atoms with E-state index in [1.54, 1.807) is 32.4 Å². The number of para-hydroxylation sites is 1. The van der Waals surface area contributed by atoms with Gasteiger partial charge in [0.05, 0.1) is 24.4 Å². The molecule has 0 unspecified atom stereocenters. The van der Waals surface area contributed by atoms with Crippen molar-refractivity contribution >= 4 is 38.4 Å². The third-order valence-electron chi connectivity index (χ3n) is 4.57. The van der Waals surface area contributed by atoms with Crippen LogP contribution in [0.3, 0.4) is 0 Å². The van der Waals surface area contributed by atoms with Gasteiger partial charge in [0.2, 0.25) is 0 Å². The van der Waals surface area contributed by atoms with Gasteiger partial charge in [-0.15, -0.1) is 0 Å². The molecule has 0 saturated heterocycles. The van der Waals surface area contributed by atoms with Crippen molar-refractivity contribution in [1.82, 2.24) is 4.57 Å². The van der Waals surface area contributed by atoms with Crippen LogP contribution in [0.25, 0.3) is 21.2 Å². The van der Waals surface area contributed by atoms with Crippen molar-refractivity contribution < 1.29 is 18.7 Å². The van der Waals surface area contributed by atoms with Gasteiger partial charge in [0, 0.05) is 24.1 Å². The molecule has 148 valence electrons. The minimum atomic E-state index is -0.704. The Bertz CT molecular complexity index is 1360. The number of carbonyl (C=O) groups is 1. The second-order valence-electron chi connectivity index (χ2n) is 6.21. The van der Waals surface area contributed by atoms with Gasteiger partial charge in [-0.2, -0.15) is 4.99 Å². The summed E-state index contributed by atoms with van der Waals surface area (Å²) in [4.78, 5) is 29.8. The SMILES string of the molecule is CCn1c(=NC(=O)c2cc3ccccc3oc2=O)sc2cc(OC)c(OC)cc21. The zero-order chi connectivity index (χ0) is 20.5. The zero-order valence-electron chi connectivity index (χ0n) is 16.1. The second kappa shape index (κ2) is 7.56. The number of ether oxygens (including phenoxy) is 2. The van der Waals surface area contributed by atoms with E-state index in [0.717, 1.165) is 10.2 Å². The Balaban J connectivity index is 1.88. The Morgan fingerprint density at radius 3 is 2.59 bits per heavy atom. The lowest BCUT2D eigenvalue weighted by molar-refractivity contribution is 0.0994. The van der Waals surface area contributed by atoms with Crippen molar-refractivity contribution in [2.75, 3.05) is 14.2 Å². The van der Waals surface area contributed by atoms with Crippen molar-refractivity contribution in [3.8, 4) is 11.5 Å². The molecular formula is C21H18N2O5S. The number of methoxy groups -OCH3 is 2. The van der Waals surface area contributed by atoms with Crippen LogP contribution in [0.2, 0.25) is 0 Å². The zero-order valence-corrected chi connectivity index (χ0v) is 16.9. The van der Waals surface area contributed by atoms with Crippen LogP contribution in [0.4, 0.5) is 0 Å². The molecule has 0 bridgehead atoms. The Kier molecular flexibility index (Phi) is 4.94. The van der Waals surface area contributed by atoms with Crippen molar-refractivity contribution in [3.63, 3.8) is 0 Å². The molecule has 4 aromatic rings. The Morgan fingerprint density at radius 2 is 1.86 bits per heavy atom. The third kappa shape index (κ3) is 3.31. The van der Waals surface area contributed by atoms with E-state index in [4.69, 9.17) is 13.9 Å². The predicted molar refractivity (Wildman–Crippen MR) is 111 cm³/mol. The Hall–Kier alpha value is -3.39. The van der Waals surface area contributed by atoms with Crippen molar-refractivity contribution in [1.29, 1.82) is 0 Å². The summed E-state index contributed by atoms with van der Waals surface area (Å²) in [5, 5.41) is 0.667. The fraction of sp³-hybridized carbons (Fsp3) is 0.190. The van der Waals surface area contributed by atoms with Crippen LogP contribution >= 0.6 is 11.3 Å². The summed E-state index contributed by atoms with van der Waals surface area (Å²) in [5.41, 5.74) is 0.495. The number of carbonyl (C=O) groups excluding carboxylic acids is 1. The van der Waals surface area contributed by atoms with Crippen LogP contribution in [0.5, 0.6) is 11.5 Å². The minimum Gasteiger partial charge on any atom is -0.493 e. The largest absolute Gasteiger partial charge is 0.493 e. The fourth-order valence-electron chi connectivity index (χ4n) is 3.15. The Morgan fingerprint density at radius 1 is 1.14 bits per heavy atom. The average Bonchev–Trinajstić information content (AvgIpc) is 3.07. The minimum absolute atomic E-state index is 0.0982. The molecule has 0 atom stereocenters. The number of aryl methyl sites for hydroxylation is 1. The topological polar surface area (TPSA) is 83.0 Å². The van der Waals surface area contributed by atoms with Crippen molar-refractivity contribution in [2.24, 2.45) is 4.99 Å². The van der Waals surface area contributed by atoms with Crippen LogP contribution in [-0.4, -0.2) is 24.7 Å². The standard InChI is InChI=1S/C21H18N2O5S/c1-4-23-14-10-16(26-2)17(27-3)11-18(14)29-21(23)22-19(24)13-9-12-7-5-6-8-15(12)28-20(13)25/h5-11H,4H2,1-3H3. The molecule has 0 spiro atoms. The lowest BCUT2D eigenvalue weighted by Crippen LogP contribution is -2.19. The summed E-state index contributed by atoms with van der Waals surface area (Å²) in [6.45, 7) is 2.55. The highest BCUT2D eigenvalue weighted by atomic mass is 32.1. The lowest BCUT2D eigenvalue weighted by atomic mass is 10.2. The quantitative estimate of drug-likeness (QED) is 0.480. The molecule has 1 amide bonds. The van der Waals surface area contributed by atoms with Crippen LogP contribution in [0.1, 0.15) is 17.3 Å². The van der Waals surface area contributed by atoms with Crippen LogP contribution in [-0.2, 0) is 6.54 Å². The maximum atomic E-state index is 12.8. The molecular weight excluding hydrogens is 392 g/mol. The summed E-state index contributed by atoms with van der Waals surface area (Å²) in [5.74, 6) is 0.544. The van der Waals surface area contributed by atoms with Gasteiger partial charge in [0.1, 0.15) is 11.1 Å². The summed E-state index contributed by atoms with van der Waals surface area (Å²) in [6.07, 6.45) is 0. The number of hydrogen-bond donors (Lipinski definition) is 0. The van der Waals surface area contributed by atoms with Gasteiger partial charge >= 0.3 is 5.63 Å². The molecule has 7 nitrogen and oxygen atoms in total. The smallest absolute Gasteiger partial charge is 0.349 e. The number of nitrogens with zero attached hydrogens (tertiary/aromatic N) is 2. The molecule has 0 aliphatic carbocycles. The summed E-state index contributed by atoms with van der Waals surface area (Å²) in [7, 11) is 3.14. The highest BCUT2D eigenvalue weighted by Gasteiger charge is 2.16. The van der Waals surface area contributed by atoms with E-state index in [2.05, 4.69) is 4.99 Å². The molecule has 0 N–H and O–H groups in total. The van der Waals surface area contributed by atoms with Gasteiger partial charge in [-0.1, -0.05) is 29.5 Å². The predicted octanol–water partition coefficient (Wildman–Crippen LogP) is 3.59. The highest BCUT2D eigenvalue weighted by Crippen LogP contribution is 2.33. The van der Waals surface area contributed by atoms with Crippen molar-refractivity contribution in [2.45, 2.75) is 13.5 Å². The Labute approximate surface area is 169 Å². The van der Waals surface area contributed by atoms with E-state index in [1.807, 2.05) is 29.7 Å². The summed E-state index contributed by atoms with van der Waals surface area (Å²) < 4.78 is 18.8. The molecule has 0 radical (unpaired) electrons. The lowest BCUT2D eigenvalue weighted by Gasteiger charge is -2.08. The second-order valence-corrected chi connectivity index (χ2v) is 7.22. The number of fused-ring (bicyclic) bond motifs is 2. The number of aromatic nitrogens is 1. The monoisotopic (exact) mass is 410 g/mol. The average molecular weight is 410 g/mol. The number of benzene rings is 2. The van der Waals surface area contributed by atoms with Gasteiger partial charge in [0.15, 0.2) is 16.3 Å². The van der Waals surface area contributed by atoms with Gasteiger partial charge in [0.25, 0.3) is 5.91 Å². The molecule has 4 rings (SSSR count). The summed E-state index contributed by atoms with van der Waals surface area (Å²) >= 11 is 1.34. The third-order valence-corrected chi connectivity index (χ3v) is 5.61.